The predicted octanol–water partition coefficient (Wildman–Crippen LogP) is 3.13. The molecule has 0 heterocycles. The minimum atomic E-state index is -0.954. The Morgan fingerprint density at radius 3 is 2.26 bits per heavy atom. The maximum absolute atomic E-state index is 13.1. The number of carbonyl (C=O) groups is 1. The Bertz CT molecular complexity index is 615. The van der Waals surface area contributed by atoms with Gasteiger partial charge < -0.3 is 6.15 Å². The summed E-state index contributed by atoms with van der Waals surface area (Å²) in [5, 5.41) is 10.6. The van der Waals surface area contributed by atoms with E-state index in [1.165, 1.54) is 6.07 Å². The van der Waals surface area contributed by atoms with E-state index < -0.39 is 16.4 Å². The van der Waals surface area contributed by atoms with Crippen molar-refractivity contribution in [2.75, 3.05) is 0 Å². The van der Waals surface area contributed by atoms with Crippen LogP contribution < -0.4 is 6.15 Å². The molecule has 0 saturated carbocycles. The van der Waals surface area contributed by atoms with E-state index in [1.54, 1.807) is 30.3 Å². The molecule has 0 radical (unpaired) electrons. The Morgan fingerprint density at radius 2 is 1.68 bits per heavy atom. The van der Waals surface area contributed by atoms with Gasteiger partial charge in [-0.2, -0.15) is 4.39 Å². The molecule has 0 unspecified atom stereocenters. The molecule has 0 bridgehead atoms. The van der Waals surface area contributed by atoms with Crippen LogP contribution in [0, 0.1) is 15.9 Å². The Hall–Kier alpha value is -2.60. The fourth-order valence-electron chi connectivity index (χ4n) is 1.55. The summed E-state index contributed by atoms with van der Waals surface area (Å²) in [6.45, 7) is 0. The third-order valence-corrected chi connectivity index (χ3v) is 2.44. The van der Waals surface area contributed by atoms with E-state index in [9.17, 15) is 19.3 Å². The van der Waals surface area contributed by atoms with Gasteiger partial charge in [-0.15, -0.1) is 0 Å². The zero-order valence-corrected chi connectivity index (χ0v) is 9.88. The number of halogens is 1. The monoisotopic (exact) mass is 262 g/mol. The topological polar surface area (TPSA) is 95.2 Å². The molecular weight excluding hydrogens is 251 g/mol. The molecule has 0 aliphatic rings. The number of ketones is 1. The molecule has 0 fully saturated rings. The zero-order valence-electron chi connectivity index (χ0n) is 9.88. The van der Waals surface area contributed by atoms with Crippen LogP contribution in [0.1, 0.15) is 15.9 Å². The van der Waals surface area contributed by atoms with Crippen molar-refractivity contribution < 1.29 is 14.1 Å². The van der Waals surface area contributed by atoms with Crippen LogP contribution in [0.25, 0.3) is 0 Å². The number of benzene rings is 2. The summed E-state index contributed by atoms with van der Waals surface area (Å²) in [5.74, 6) is -1.33. The van der Waals surface area contributed by atoms with Crippen LogP contribution in [0.5, 0.6) is 0 Å². The van der Waals surface area contributed by atoms with Crippen molar-refractivity contribution in [2.45, 2.75) is 0 Å². The van der Waals surface area contributed by atoms with Crippen LogP contribution in [-0.4, -0.2) is 10.7 Å². The van der Waals surface area contributed by atoms with E-state index in [-0.39, 0.29) is 17.5 Å². The van der Waals surface area contributed by atoms with Gasteiger partial charge >= 0.3 is 5.69 Å². The van der Waals surface area contributed by atoms with E-state index in [1.807, 2.05) is 0 Å². The third kappa shape index (κ3) is 2.99. The third-order valence-electron chi connectivity index (χ3n) is 2.44. The van der Waals surface area contributed by atoms with E-state index in [0.717, 1.165) is 12.1 Å². The summed E-state index contributed by atoms with van der Waals surface area (Å²) in [6, 6.07) is 11.4. The zero-order chi connectivity index (χ0) is 13.1. The van der Waals surface area contributed by atoms with Gasteiger partial charge in [-0.3, -0.25) is 14.9 Å². The molecule has 0 aliphatic carbocycles. The van der Waals surface area contributed by atoms with Gasteiger partial charge in [0.2, 0.25) is 5.82 Å². The van der Waals surface area contributed by atoms with Crippen molar-refractivity contribution >= 4 is 11.5 Å². The Balaban J connectivity index is 0.00000180. The summed E-state index contributed by atoms with van der Waals surface area (Å²) in [6.07, 6.45) is 0. The average molecular weight is 262 g/mol. The lowest BCUT2D eigenvalue weighted by molar-refractivity contribution is -0.387. The summed E-state index contributed by atoms with van der Waals surface area (Å²) in [4.78, 5) is 21.7. The van der Waals surface area contributed by atoms with Crippen LogP contribution in [0.3, 0.4) is 0 Å². The van der Waals surface area contributed by atoms with Gasteiger partial charge in [-0.25, -0.2) is 0 Å². The second-order valence-electron chi connectivity index (χ2n) is 3.62. The SMILES string of the molecule is N.O=C(c1ccccc1)c1ccc(F)c([N+](=O)[O-])c1. The van der Waals surface area contributed by atoms with Crippen LogP contribution in [0.2, 0.25) is 0 Å². The molecular formula is C13H11FN2O3. The summed E-state index contributed by atoms with van der Waals surface area (Å²) in [7, 11) is 0. The quantitative estimate of drug-likeness (QED) is 0.522. The number of hydrogen-bond donors (Lipinski definition) is 1. The normalized spacial score (nSPS) is 9.53. The van der Waals surface area contributed by atoms with Crippen LogP contribution in [0.15, 0.2) is 48.5 Å². The fraction of sp³-hybridized carbons (Fsp3) is 0. The van der Waals surface area contributed by atoms with Crippen LogP contribution in [0.4, 0.5) is 10.1 Å². The van der Waals surface area contributed by atoms with Gasteiger partial charge in [0.1, 0.15) is 0 Å². The van der Waals surface area contributed by atoms with Crippen LogP contribution in [-0.2, 0) is 0 Å². The summed E-state index contributed by atoms with van der Waals surface area (Å²) >= 11 is 0. The molecule has 0 aliphatic heterocycles. The molecule has 0 saturated heterocycles. The van der Waals surface area contributed by atoms with Crippen molar-refractivity contribution in [2.24, 2.45) is 0 Å². The van der Waals surface area contributed by atoms with Gasteiger partial charge in [0.05, 0.1) is 4.92 Å². The Morgan fingerprint density at radius 1 is 1.05 bits per heavy atom. The molecule has 5 nitrogen and oxygen atoms in total. The molecule has 2 aromatic carbocycles. The van der Waals surface area contributed by atoms with E-state index >= 15 is 0 Å². The smallest absolute Gasteiger partial charge is 0.305 e. The maximum atomic E-state index is 13.1. The Kier molecular flexibility index (Phi) is 4.44. The molecule has 0 atom stereocenters. The van der Waals surface area contributed by atoms with E-state index in [2.05, 4.69) is 0 Å². The highest BCUT2D eigenvalue weighted by Crippen LogP contribution is 2.20. The number of hydrogen-bond acceptors (Lipinski definition) is 4. The van der Waals surface area contributed by atoms with Crippen molar-refractivity contribution in [3.63, 3.8) is 0 Å². The predicted molar refractivity (Wildman–Crippen MR) is 68.0 cm³/mol. The van der Waals surface area contributed by atoms with Crippen molar-refractivity contribution in [3.8, 4) is 0 Å². The van der Waals surface area contributed by atoms with Crippen molar-refractivity contribution in [1.82, 2.24) is 6.15 Å². The van der Waals surface area contributed by atoms with Gasteiger partial charge in [-0.1, -0.05) is 30.3 Å². The Labute approximate surface area is 108 Å². The average Bonchev–Trinajstić information content (AvgIpc) is 2.39. The molecule has 3 N–H and O–H groups in total. The number of rotatable bonds is 3. The van der Waals surface area contributed by atoms with Crippen molar-refractivity contribution in [3.05, 3.63) is 75.6 Å². The first-order valence-electron chi connectivity index (χ1n) is 5.13. The van der Waals surface area contributed by atoms with Crippen molar-refractivity contribution in [1.29, 1.82) is 0 Å². The van der Waals surface area contributed by atoms with E-state index in [0.29, 0.717) is 5.56 Å². The van der Waals surface area contributed by atoms with Gasteiger partial charge in [0, 0.05) is 17.2 Å². The first-order chi connectivity index (χ1) is 8.59. The second kappa shape index (κ2) is 5.83. The number of nitro groups is 1. The lowest BCUT2D eigenvalue weighted by Gasteiger charge is -2.01. The van der Waals surface area contributed by atoms with Gasteiger partial charge in [0.15, 0.2) is 5.78 Å². The highest BCUT2D eigenvalue weighted by molar-refractivity contribution is 6.09. The highest BCUT2D eigenvalue weighted by Gasteiger charge is 2.18. The molecule has 2 aromatic rings. The molecule has 98 valence electrons. The van der Waals surface area contributed by atoms with E-state index in [4.69, 9.17) is 0 Å². The lowest BCUT2D eigenvalue weighted by atomic mass is 10.0. The lowest BCUT2D eigenvalue weighted by Crippen LogP contribution is -2.03. The maximum Gasteiger partial charge on any atom is 0.305 e. The molecule has 2 rings (SSSR count). The molecule has 0 amide bonds. The molecule has 6 heteroatoms. The van der Waals surface area contributed by atoms with Gasteiger partial charge in [0.25, 0.3) is 0 Å². The van der Waals surface area contributed by atoms with Crippen LogP contribution >= 0.6 is 0 Å². The minimum Gasteiger partial charge on any atom is -0.344 e. The molecule has 0 spiro atoms. The number of carbonyl (C=O) groups excluding carboxylic acids is 1. The number of nitro benzene ring substituents is 1. The first kappa shape index (κ1) is 14.5. The van der Waals surface area contributed by atoms with Gasteiger partial charge in [-0.05, 0) is 12.1 Å². The standard InChI is InChI=1S/C13H8FNO3.H3N/c14-11-7-6-10(8-12(11)15(17)18)13(16)9-4-2-1-3-5-9;/h1-8H;1H3. The fourth-order valence-corrected chi connectivity index (χ4v) is 1.55. The minimum absolute atomic E-state index is 0. The summed E-state index contributed by atoms with van der Waals surface area (Å²) in [5.41, 5.74) is -0.204. The first-order valence-corrected chi connectivity index (χ1v) is 5.13. The highest BCUT2D eigenvalue weighted by atomic mass is 19.1. The number of nitrogens with zero attached hydrogens (tertiary/aromatic N) is 1. The second-order valence-corrected chi connectivity index (χ2v) is 3.62. The largest absolute Gasteiger partial charge is 0.344 e. The molecule has 0 aromatic heterocycles. The summed E-state index contributed by atoms with van der Waals surface area (Å²) < 4.78 is 13.1. The molecule has 19 heavy (non-hydrogen) atoms.